The van der Waals surface area contributed by atoms with Crippen LogP contribution in [0.15, 0.2) is 18.3 Å². The predicted octanol–water partition coefficient (Wildman–Crippen LogP) is 2.29. The van der Waals surface area contributed by atoms with Crippen LogP contribution >= 0.6 is 0 Å². The Bertz CT molecular complexity index is 737. The van der Waals surface area contributed by atoms with Crippen LogP contribution in [-0.4, -0.2) is 43.1 Å². The van der Waals surface area contributed by atoms with E-state index in [-0.39, 0.29) is 17.2 Å². The third-order valence-electron chi connectivity index (χ3n) is 7.36. The Hall–Kier alpha value is -2.15. The van der Waals surface area contributed by atoms with Crippen LogP contribution in [0.4, 0.5) is 5.82 Å². The maximum Gasteiger partial charge on any atom is 0.271 e. The first-order chi connectivity index (χ1) is 14.1. The van der Waals surface area contributed by atoms with Crippen LogP contribution in [0.1, 0.15) is 55.3 Å². The Labute approximate surface area is 171 Å². The van der Waals surface area contributed by atoms with Crippen molar-refractivity contribution >= 4 is 17.6 Å². The van der Waals surface area contributed by atoms with Gasteiger partial charge in [0.25, 0.3) is 5.91 Å². The second kappa shape index (κ2) is 7.59. The van der Waals surface area contributed by atoms with Crippen LogP contribution in [0.5, 0.6) is 0 Å². The fourth-order valence-corrected chi connectivity index (χ4v) is 6.59. The number of hydrazine groups is 1. The maximum atomic E-state index is 12.6. The monoisotopic (exact) mass is 398 g/mol. The minimum absolute atomic E-state index is 0.0711. The summed E-state index contributed by atoms with van der Waals surface area (Å²) in [5.74, 6) is 2.90. The number of rotatable bonds is 4. The molecule has 2 N–H and O–H groups in total. The Morgan fingerprint density at radius 2 is 1.69 bits per heavy atom. The van der Waals surface area contributed by atoms with Gasteiger partial charge in [-0.3, -0.25) is 20.4 Å². The van der Waals surface area contributed by atoms with E-state index in [2.05, 4.69) is 20.7 Å². The van der Waals surface area contributed by atoms with Gasteiger partial charge >= 0.3 is 0 Å². The summed E-state index contributed by atoms with van der Waals surface area (Å²) in [5.41, 5.74) is 5.82. The summed E-state index contributed by atoms with van der Waals surface area (Å²) < 4.78 is 5.35. The van der Waals surface area contributed by atoms with Gasteiger partial charge in [-0.15, -0.1) is 0 Å². The van der Waals surface area contributed by atoms with Crippen molar-refractivity contribution in [3.63, 3.8) is 0 Å². The topological polar surface area (TPSA) is 83.6 Å². The zero-order valence-corrected chi connectivity index (χ0v) is 16.9. The van der Waals surface area contributed by atoms with E-state index < -0.39 is 0 Å². The highest BCUT2D eigenvalue weighted by Gasteiger charge is 2.51. The van der Waals surface area contributed by atoms with Gasteiger partial charge in [-0.05, 0) is 73.8 Å². The highest BCUT2D eigenvalue weighted by atomic mass is 16.5. The van der Waals surface area contributed by atoms with Gasteiger partial charge in [0.15, 0.2) is 0 Å². The van der Waals surface area contributed by atoms with Crippen molar-refractivity contribution in [3.8, 4) is 0 Å². The number of hydrogen-bond donors (Lipinski definition) is 2. The molecular weight excluding hydrogens is 368 g/mol. The first kappa shape index (κ1) is 18.9. The standard InChI is InChI=1S/C22H30N4O3/c27-20(13-22-10-15-7-16(11-22)9-17(8-15)12-22)24-25-21(28)18-1-2-19(23-14-18)26-3-5-29-6-4-26/h1-2,14-17H,3-13H2,(H,24,27)(H,25,28). The first-order valence-corrected chi connectivity index (χ1v) is 11.0. The molecule has 2 heterocycles. The van der Waals surface area contributed by atoms with Crippen molar-refractivity contribution in [2.45, 2.75) is 44.9 Å². The molecule has 0 radical (unpaired) electrons. The molecule has 6 rings (SSSR count). The zero-order chi connectivity index (χ0) is 19.8. The fraction of sp³-hybridized carbons (Fsp3) is 0.682. The average molecular weight is 399 g/mol. The number of morpholine rings is 1. The van der Waals surface area contributed by atoms with Gasteiger partial charge in [0.2, 0.25) is 5.91 Å². The molecule has 0 aromatic carbocycles. The number of hydrogen-bond acceptors (Lipinski definition) is 5. The van der Waals surface area contributed by atoms with E-state index in [9.17, 15) is 9.59 Å². The lowest BCUT2D eigenvalue weighted by atomic mass is 9.49. The largest absolute Gasteiger partial charge is 0.378 e. The summed E-state index contributed by atoms with van der Waals surface area (Å²) in [6.45, 7) is 3.00. The summed E-state index contributed by atoms with van der Waals surface area (Å²) in [4.78, 5) is 31.5. The van der Waals surface area contributed by atoms with Crippen LogP contribution in [0.3, 0.4) is 0 Å². The number of aromatic nitrogens is 1. The Morgan fingerprint density at radius 3 is 2.28 bits per heavy atom. The van der Waals surface area contributed by atoms with E-state index in [1.54, 1.807) is 12.3 Å². The molecule has 2 amide bonds. The Morgan fingerprint density at radius 1 is 1.03 bits per heavy atom. The van der Waals surface area contributed by atoms with Crippen molar-refractivity contribution in [2.75, 3.05) is 31.2 Å². The second-order valence-corrected chi connectivity index (χ2v) is 9.60. The number of carbonyl (C=O) groups excluding carboxylic acids is 2. The molecule has 4 bridgehead atoms. The molecule has 4 saturated carbocycles. The van der Waals surface area contributed by atoms with E-state index in [1.807, 2.05) is 6.07 Å². The van der Waals surface area contributed by atoms with E-state index in [0.29, 0.717) is 25.2 Å². The van der Waals surface area contributed by atoms with Crippen molar-refractivity contribution in [2.24, 2.45) is 23.2 Å². The third kappa shape index (κ3) is 3.97. The van der Waals surface area contributed by atoms with E-state index in [0.717, 1.165) is 36.7 Å². The molecule has 1 aliphatic heterocycles. The number of pyridine rings is 1. The molecule has 5 aliphatic rings. The SMILES string of the molecule is O=C(CC12CC3CC(CC(C3)C1)C2)NNC(=O)c1ccc(N2CCOCC2)nc1. The van der Waals surface area contributed by atoms with Gasteiger partial charge in [-0.1, -0.05) is 0 Å². The van der Waals surface area contributed by atoms with Crippen molar-refractivity contribution in [3.05, 3.63) is 23.9 Å². The minimum Gasteiger partial charge on any atom is -0.378 e. The van der Waals surface area contributed by atoms with Crippen molar-refractivity contribution < 1.29 is 14.3 Å². The van der Waals surface area contributed by atoms with Crippen LogP contribution in [0.25, 0.3) is 0 Å². The lowest BCUT2D eigenvalue weighted by molar-refractivity contribution is -0.130. The molecule has 0 spiro atoms. The van der Waals surface area contributed by atoms with Gasteiger partial charge in [0.05, 0.1) is 18.8 Å². The molecule has 1 aromatic heterocycles. The highest BCUT2D eigenvalue weighted by Crippen LogP contribution is 2.61. The second-order valence-electron chi connectivity index (χ2n) is 9.60. The van der Waals surface area contributed by atoms with Gasteiger partial charge in [0.1, 0.15) is 5.82 Å². The number of anilines is 1. The Balaban J connectivity index is 1.13. The van der Waals surface area contributed by atoms with Crippen molar-refractivity contribution in [1.29, 1.82) is 0 Å². The molecule has 0 atom stereocenters. The van der Waals surface area contributed by atoms with Gasteiger partial charge < -0.3 is 9.64 Å². The molecule has 1 aromatic rings. The zero-order valence-electron chi connectivity index (χ0n) is 16.9. The molecule has 1 saturated heterocycles. The molecule has 156 valence electrons. The van der Waals surface area contributed by atoms with Crippen molar-refractivity contribution in [1.82, 2.24) is 15.8 Å². The Kier molecular flexibility index (Phi) is 4.94. The van der Waals surface area contributed by atoms with Gasteiger partial charge in [-0.2, -0.15) is 0 Å². The molecule has 7 heteroatoms. The summed E-state index contributed by atoms with van der Waals surface area (Å²) in [7, 11) is 0. The summed E-state index contributed by atoms with van der Waals surface area (Å²) in [6.07, 6.45) is 9.76. The number of nitrogens with zero attached hydrogens (tertiary/aromatic N) is 2. The lowest BCUT2D eigenvalue weighted by Crippen LogP contribution is -2.50. The van der Waals surface area contributed by atoms with Crippen LogP contribution < -0.4 is 15.8 Å². The van der Waals surface area contributed by atoms with E-state index in [4.69, 9.17) is 4.74 Å². The molecule has 0 unspecified atom stereocenters. The molecule has 7 nitrogen and oxygen atoms in total. The van der Waals surface area contributed by atoms with Gasteiger partial charge in [-0.25, -0.2) is 4.98 Å². The molecular formula is C22H30N4O3. The lowest BCUT2D eigenvalue weighted by Gasteiger charge is -2.56. The van der Waals surface area contributed by atoms with Crippen LogP contribution in [0.2, 0.25) is 0 Å². The maximum absolute atomic E-state index is 12.6. The normalized spacial score (nSPS) is 32.8. The number of amides is 2. The molecule has 5 fully saturated rings. The van der Waals surface area contributed by atoms with Crippen LogP contribution in [0, 0.1) is 23.2 Å². The summed E-state index contributed by atoms with van der Waals surface area (Å²) >= 11 is 0. The minimum atomic E-state index is -0.329. The molecule has 29 heavy (non-hydrogen) atoms. The quantitative estimate of drug-likeness (QED) is 0.761. The number of nitrogens with one attached hydrogen (secondary N) is 2. The summed E-state index contributed by atoms with van der Waals surface area (Å²) in [5, 5.41) is 0. The fourth-order valence-electron chi connectivity index (χ4n) is 6.59. The van der Waals surface area contributed by atoms with Crippen LogP contribution in [-0.2, 0) is 9.53 Å². The highest BCUT2D eigenvalue weighted by molar-refractivity contribution is 5.95. The number of carbonyl (C=O) groups is 2. The van der Waals surface area contributed by atoms with Gasteiger partial charge in [0, 0.05) is 25.7 Å². The number of ether oxygens (including phenoxy) is 1. The summed E-state index contributed by atoms with van der Waals surface area (Å²) in [6, 6.07) is 3.59. The smallest absolute Gasteiger partial charge is 0.271 e. The average Bonchev–Trinajstić information content (AvgIpc) is 2.71. The predicted molar refractivity (Wildman–Crippen MR) is 108 cm³/mol. The molecule has 4 aliphatic carbocycles. The third-order valence-corrected chi connectivity index (χ3v) is 7.36. The van der Waals surface area contributed by atoms with E-state index in [1.165, 1.54) is 38.5 Å². The first-order valence-electron chi connectivity index (χ1n) is 11.0. The van der Waals surface area contributed by atoms with E-state index >= 15 is 0 Å².